The molecule has 0 saturated carbocycles. The van der Waals surface area contributed by atoms with Gasteiger partial charge in [0.1, 0.15) is 11.2 Å². The van der Waals surface area contributed by atoms with Gasteiger partial charge in [-0.15, -0.1) is 0 Å². The number of rotatable bonds is 2. The van der Waals surface area contributed by atoms with Crippen LogP contribution in [0.3, 0.4) is 0 Å². The van der Waals surface area contributed by atoms with Gasteiger partial charge in [-0.05, 0) is 25.1 Å². The van der Waals surface area contributed by atoms with Gasteiger partial charge >= 0.3 is 0 Å². The molecule has 0 bridgehead atoms. The lowest BCUT2D eigenvalue weighted by Crippen LogP contribution is -2.24. The highest BCUT2D eigenvalue weighted by atomic mass is 16.1. The quantitative estimate of drug-likeness (QED) is 0.778. The molecule has 108 valence electrons. The summed E-state index contributed by atoms with van der Waals surface area (Å²) in [4.78, 5) is 21.3. The summed E-state index contributed by atoms with van der Waals surface area (Å²) < 4.78 is 1.53. The Labute approximate surface area is 126 Å². The lowest BCUT2D eigenvalue weighted by Gasteiger charge is -2.10. The molecular formula is C16H13N5O. The molecule has 0 radical (unpaired) electrons. The second kappa shape index (κ2) is 5.30. The molecule has 2 heterocycles. The number of aryl methyl sites for hydroxylation is 1. The van der Waals surface area contributed by atoms with Gasteiger partial charge in [-0.3, -0.25) is 9.36 Å². The molecule has 0 atom stereocenters. The van der Waals surface area contributed by atoms with Crippen molar-refractivity contribution in [1.82, 2.24) is 14.5 Å². The van der Waals surface area contributed by atoms with E-state index in [1.165, 1.54) is 4.57 Å². The van der Waals surface area contributed by atoms with Crippen LogP contribution in [0.5, 0.6) is 0 Å². The Morgan fingerprint density at radius 3 is 2.91 bits per heavy atom. The van der Waals surface area contributed by atoms with Crippen LogP contribution in [0, 0.1) is 11.3 Å². The summed E-state index contributed by atoms with van der Waals surface area (Å²) in [6, 6.07) is 10.5. The molecule has 0 fully saturated rings. The zero-order valence-electron chi connectivity index (χ0n) is 11.9. The van der Waals surface area contributed by atoms with E-state index in [0.29, 0.717) is 34.5 Å². The van der Waals surface area contributed by atoms with Gasteiger partial charge in [-0.2, -0.15) is 5.26 Å². The smallest absolute Gasteiger partial charge is 0.278 e. The number of hydrogen-bond donors (Lipinski definition) is 1. The highest BCUT2D eigenvalue weighted by Gasteiger charge is 2.14. The summed E-state index contributed by atoms with van der Waals surface area (Å²) in [5, 5.41) is 9.01. The lowest BCUT2D eigenvalue weighted by molar-refractivity contribution is 0.746. The molecule has 2 aromatic heterocycles. The molecule has 22 heavy (non-hydrogen) atoms. The fraction of sp³-hybridized carbons (Fsp3) is 0.125. The number of nitrogens with zero attached hydrogens (tertiary/aromatic N) is 4. The molecule has 6 nitrogen and oxygen atoms in total. The van der Waals surface area contributed by atoms with Crippen LogP contribution in [0.4, 0.5) is 5.69 Å². The third-order valence-electron chi connectivity index (χ3n) is 3.44. The molecule has 6 heteroatoms. The van der Waals surface area contributed by atoms with E-state index in [9.17, 15) is 4.79 Å². The van der Waals surface area contributed by atoms with Gasteiger partial charge in [0.05, 0.1) is 17.3 Å². The Bertz CT molecular complexity index is 968. The first-order valence-electron chi connectivity index (χ1n) is 6.81. The maximum absolute atomic E-state index is 12.7. The average Bonchev–Trinajstić information content (AvgIpc) is 2.55. The van der Waals surface area contributed by atoms with E-state index in [-0.39, 0.29) is 11.3 Å². The van der Waals surface area contributed by atoms with E-state index >= 15 is 0 Å². The minimum Gasteiger partial charge on any atom is -0.397 e. The number of hydrogen-bond acceptors (Lipinski definition) is 5. The zero-order valence-corrected chi connectivity index (χ0v) is 11.9. The third-order valence-corrected chi connectivity index (χ3v) is 3.44. The molecular weight excluding hydrogens is 278 g/mol. The first kappa shape index (κ1) is 13.8. The van der Waals surface area contributed by atoms with Crippen LogP contribution in [0.15, 0.2) is 41.3 Å². The zero-order chi connectivity index (χ0) is 15.7. The molecule has 0 spiro atoms. The molecule has 3 rings (SSSR count). The molecule has 3 aromatic rings. The minimum absolute atomic E-state index is 0.247. The Hall–Kier alpha value is -3.20. The second-order valence-electron chi connectivity index (χ2n) is 4.77. The maximum Gasteiger partial charge on any atom is 0.278 e. The second-order valence-corrected chi connectivity index (χ2v) is 4.77. The van der Waals surface area contributed by atoms with Crippen molar-refractivity contribution in [3.05, 3.63) is 52.4 Å². The van der Waals surface area contributed by atoms with Crippen molar-refractivity contribution in [1.29, 1.82) is 5.26 Å². The van der Waals surface area contributed by atoms with Gasteiger partial charge in [0.2, 0.25) is 0 Å². The fourth-order valence-electron chi connectivity index (χ4n) is 2.37. The summed E-state index contributed by atoms with van der Waals surface area (Å²) in [5.41, 5.74) is 8.47. The van der Waals surface area contributed by atoms with E-state index in [2.05, 4.69) is 16.0 Å². The fourth-order valence-corrected chi connectivity index (χ4v) is 2.37. The first-order valence-corrected chi connectivity index (χ1v) is 6.81. The Morgan fingerprint density at radius 2 is 2.18 bits per heavy atom. The Morgan fingerprint density at radius 1 is 1.36 bits per heavy atom. The predicted octanol–water partition coefficient (Wildman–Crippen LogP) is 1.93. The maximum atomic E-state index is 12.7. The highest BCUT2D eigenvalue weighted by Crippen LogP contribution is 2.20. The topological polar surface area (TPSA) is 97.6 Å². The molecule has 0 aliphatic heterocycles. The standard InChI is InChI=1S/C16H13N5O/c1-2-21-15-14(12(18)6-7-19-15)20-13(16(21)22)11-5-3-4-10(8-11)9-17/h3-8H,2H2,1H3,(H2,18,19). The van der Waals surface area contributed by atoms with Crippen LogP contribution in [-0.2, 0) is 6.54 Å². The van der Waals surface area contributed by atoms with Gasteiger partial charge in [0.25, 0.3) is 5.56 Å². The van der Waals surface area contributed by atoms with Gasteiger partial charge in [0.15, 0.2) is 5.65 Å². The van der Waals surface area contributed by atoms with Crippen molar-refractivity contribution in [3.8, 4) is 17.3 Å². The molecule has 2 N–H and O–H groups in total. The summed E-state index contributed by atoms with van der Waals surface area (Å²) in [7, 11) is 0. The lowest BCUT2D eigenvalue weighted by atomic mass is 10.1. The van der Waals surface area contributed by atoms with E-state index < -0.39 is 0 Å². The number of nitriles is 1. The Kier molecular flexibility index (Phi) is 3.31. The predicted molar refractivity (Wildman–Crippen MR) is 84.0 cm³/mol. The number of anilines is 1. The van der Waals surface area contributed by atoms with Crippen molar-refractivity contribution in [3.63, 3.8) is 0 Å². The van der Waals surface area contributed by atoms with Crippen LogP contribution in [-0.4, -0.2) is 14.5 Å². The molecule has 0 saturated heterocycles. The summed E-state index contributed by atoms with van der Waals surface area (Å²) in [6.07, 6.45) is 1.56. The van der Waals surface area contributed by atoms with Crippen LogP contribution < -0.4 is 11.3 Å². The summed E-state index contributed by atoms with van der Waals surface area (Å²) >= 11 is 0. The number of pyridine rings is 1. The van der Waals surface area contributed by atoms with Crippen molar-refractivity contribution in [2.75, 3.05) is 5.73 Å². The Balaban J connectivity index is 2.40. The minimum atomic E-state index is -0.247. The number of benzene rings is 1. The van der Waals surface area contributed by atoms with Gasteiger partial charge in [0, 0.05) is 18.3 Å². The van der Waals surface area contributed by atoms with Crippen LogP contribution in [0.2, 0.25) is 0 Å². The number of aromatic nitrogens is 3. The first-order chi connectivity index (χ1) is 10.7. The third kappa shape index (κ3) is 2.09. The van der Waals surface area contributed by atoms with Crippen molar-refractivity contribution < 1.29 is 0 Å². The number of fused-ring (bicyclic) bond motifs is 1. The van der Waals surface area contributed by atoms with E-state index in [4.69, 9.17) is 11.0 Å². The van der Waals surface area contributed by atoms with Crippen LogP contribution >= 0.6 is 0 Å². The SMILES string of the molecule is CCn1c(=O)c(-c2cccc(C#N)c2)nc2c(N)ccnc21. The monoisotopic (exact) mass is 291 g/mol. The summed E-state index contributed by atoms with van der Waals surface area (Å²) in [6.45, 7) is 2.32. The molecule has 1 aromatic carbocycles. The van der Waals surface area contributed by atoms with Gasteiger partial charge in [-0.25, -0.2) is 9.97 Å². The highest BCUT2D eigenvalue weighted by molar-refractivity contribution is 5.85. The van der Waals surface area contributed by atoms with Crippen molar-refractivity contribution in [2.45, 2.75) is 13.5 Å². The van der Waals surface area contributed by atoms with E-state index in [1.807, 2.05) is 6.92 Å². The average molecular weight is 291 g/mol. The van der Waals surface area contributed by atoms with Crippen molar-refractivity contribution in [2.24, 2.45) is 0 Å². The van der Waals surface area contributed by atoms with Gasteiger partial charge < -0.3 is 5.73 Å². The largest absolute Gasteiger partial charge is 0.397 e. The molecule has 0 aliphatic carbocycles. The van der Waals surface area contributed by atoms with E-state index in [0.717, 1.165) is 0 Å². The van der Waals surface area contributed by atoms with Crippen LogP contribution in [0.1, 0.15) is 12.5 Å². The molecule has 0 amide bonds. The van der Waals surface area contributed by atoms with Crippen LogP contribution in [0.25, 0.3) is 22.4 Å². The number of nitrogen functional groups attached to an aromatic ring is 1. The van der Waals surface area contributed by atoms with Gasteiger partial charge in [-0.1, -0.05) is 12.1 Å². The summed E-state index contributed by atoms with van der Waals surface area (Å²) in [5.74, 6) is 0. The normalized spacial score (nSPS) is 10.5. The van der Waals surface area contributed by atoms with Crippen molar-refractivity contribution >= 4 is 16.9 Å². The molecule has 0 aliphatic rings. The number of nitrogens with two attached hydrogens (primary N) is 1. The molecule has 0 unspecified atom stereocenters. The van der Waals surface area contributed by atoms with E-state index in [1.54, 1.807) is 36.5 Å².